The average Bonchev–Trinajstić information content (AvgIpc) is 2.36. The van der Waals surface area contributed by atoms with Crippen molar-refractivity contribution in [2.75, 3.05) is 5.73 Å². The van der Waals surface area contributed by atoms with Crippen molar-refractivity contribution < 1.29 is 8.42 Å². The molecule has 1 aromatic rings. The molecule has 0 radical (unpaired) electrons. The van der Waals surface area contributed by atoms with Gasteiger partial charge in [0.2, 0.25) is 10.0 Å². The molecule has 3 atom stereocenters. The van der Waals surface area contributed by atoms with E-state index in [0.29, 0.717) is 16.3 Å². The SMILES string of the molecule is CC1CCC(NS(=O)(=O)c2cc(Br)ccc2N)CC1C. The Morgan fingerprint density at radius 1 is 1.25 bits per heavy atom. The Balaban J connectivity index is 2.17. The van der Waals surface area contributed by atoms with Gasteiger partial charge in [0.25, 0.3) is 0 Å². The topological polar surface area (TPSA) is 72.2 Å². The number of hydrogen-bond donors (Lipinski definition) is 2. The summed E-state index contributed by atoms with van der Waals surface area (Å²) in [5, 5.41) is 0. The molecule has 112 valence electrons. The lowest BCUT2D eigenvalue weighted by atomic mass is 9.79. The van der Waals surface area contributed by atoms with Crippen molar-refractivity contribution in [3.63, 3.8) is 0 Å². The smallest absolute Gasteiger partial charge is 0.242 e. The zero-order chi connectivity index (χ0) is 14.9. The Kier molecular flexibility index (Phi) is 4.76. The van der Waals surface area contributed by atoms with Crippen molar-refractivity contribution in [3.8, 4) is 0 Å². The Hall–Kier alpha value is -0.590. The Labute approximate surface area is 129 Å². The first-order chi connectivity index (χ1) is 9.29. The molecule has 20 heavy (non-hydrogen) atoms. The van der Waals surface area contributed by atoms with E-state index in [1.165, 1.54) is 0 Å². The van der Waals surface area contributed by atoms with E-state index >= 15 is 0 Å². The second kappa shape index (κ2) is 6.03. The van der Waals surface area contributed by atoms with E-state index in [1.807, 2.05) is 0 Å². The van der Waals surface area contributed by atoms with E-state index in [4.69, 9.17) is 5.73 Å². The number of benzene rings is 1. The van der Waals surface area contributed by atoms with Crippen LogP contribution >= 0.6 is 15.9 Å². The number of sulfonamides is 1. The van der Waals surface area contributed by atoms with Crippen molar-refractivity contribution in [2.45, 2.75) is 44.0 Å². The molecular weight excluding hydrogens is 340 g/mol. The molecule has 1 aromatic carbocycles. The van der Waals surface area contributed by atoms with Crippen molar-refractivity contribution in [3.05, 3.63) is 22.7 Å². The third-order valence-corrected chi connectivity index (χ3v) is 6.25. The molecule has 2 rings (SSSR count). The number of hydrogen-bond acceptors (Lipinski definition) is 3. The molecule has 1 fully saturated rings. The third-order valence-electron chi connectivity index (χ3n) is 4.19. The normalized spacial score (nSPS) is 27.4. The van der Waals surface area contributed by atoms with Gasteiger partial charge in [-0.05, 0) is 49.3 Å². The minimum Gasteiger partial charge on any atom is -0.398 e. The lowest BCUT2D eigenvalue weighted by Crippen LogP contribution is -2.40. The molecule has 0 amide bonds. The summed E-state index contributed by atoms with van der Waals surface area (Å²) in [6.07, 6.45) is 2.83. The van der Waals surface area contributed by atoms with Crippen LogP contribution in [-0.2, 0) is 10.0 Å². The molecule has 1 aliphatic carbocycles. The maximum atomic E-state index is 12.4. The molecule has 3 N–H and O–H groups in total. The lowest BCUT2D eigenvalue weighted by Gasteiger charge is -2.32. The van der Waals surface area contributed by atoms with Gasteiger partial charge in [0, 0.05) is 10.5 Å². The van der Waals surface area contributed by atoms with Gasteiger partial charge in [-0.15, -0.1) is 0 Å². The highest BCUT2D eigenvalue weighted by atomic mass is 79.9. The van der Waals surface area contributed by atoms with E-state index in [0.717, 1.165) is 19.3 Å². The molecule has 0 spiro atoms. The largest absolute Gasteiger partial charge is 0.398 e. The lowest BCUT2D eigenvalue weighted by molar-refractivity contribution is 0.242. The molecule has 0 aliphatic heterocycles. The van der Waals surface area contributed by atoms with Crippen molar-refractivity contribution in [1.29, 1.82) is 0 Å². The van der Waals surface area contributed by atoms with E-state index in [1.54, 1.807) is 18.2 Å². The second-order valence-corrected chi connectivity index (χ2v) is 8.37. The van der Waals surface area contributed by atoms with E-state index in [-0.39, 0.29) is 16.6 Å². The molecule has 1 aliphatic rings. The summed E-state index contributed by atoms with van der Waals surface area (Å²) in [6.45, 7) is 4.40. The molecule has 3 unspecified atom stereocenters. The van der Waals surface area contributed by atoms with Gasteiger partial charge in [-0.25, -0.2) is 13.1 Å². The first-order valence-corrected chi connectivity index (χ1v) is 9.14. The van der Waals surface area contributed by atoms with Gasteiger partial charge in [-0.2, -0.15) is 0 Å². The van der Waals surface area contributed by atoms with Crippen LogP contribution in [0.1, 0.15) is 33.1 Å². The maximum Gasteiger partial charge on any atom is 0.242 e. The standard InChI is InChI=1S/C14H21BrN2O2S/c1-9-3-5-12(7-10(9)2)17-20(18,19)14-8-11(15)4-6-13(14)16/h4,6,8-10,12,17H,3,5,7,16H2,1-2H3. The quantitative estimate of drug-likeness (QED) is 0.813. The number of nitrogens with two attached hydrogens (primary N) is 1. The van der Waals surface area contributed by atoms with Crippen molar-refractivity contribution in [2.24, 2.45) is 11.8 Å². The molecule has 1 saturated carbocycles. The van der Waals surface area contributed by atoms with E-state index in [2.05, 4.69) is 34.5 Å². The maximum absolute atomic E-state index is 12.4. The first-order valence-electron chi connectivity index (χ1n) is 6.87. The van der Waals surface area contributed by atoms with Crippen molar-refractivity contribution in [1.82, 2.24) is 4.72 Å². The van der Waals surface area contributed by atoms with Crippen LogP contribution < -0.4 is 10.5 Å². The van der Waals surface area contributed by atoms with Gasteiger partial charge in [-0.1, -0.05) is 29.8 Å². The number of rotatable bonds is 3. The van der Waals surface area contributed by atoms with Crippen LogP contribution in [0.5, 0.6) is 0 Å². The minimum atomic E-state index is -3.56. The van der Waals surface area contributed by atoms with Crippen molar-refractivity contribution >= 4 is 31.6 Å². The fourth-order valence-electron chi connectivity index (χ4n) is 2.68. The van der Waals surface area contributed by atoms with Crippen LogP contribution in [0, 0.1) is 11.8 Å². The zero-order valence-electron chi connectivity index (χ0n) is 11.8. The molecule has 0 aromatic heterocycles. The number of nitrogens with one attached hydrogen (secondary N) is 1. The molecule has 0 saturated heterocycles. The summed E-state index contributed by atoms with van der Waals surface area (Å²) < 4.78 is 28.4. The predicted molar refractivity (Wildman–Crippen MR) is 84.8 cm³/mol. The zero-order valence-corrected chi connectivity index (χ0v) is 14.2. The fourth-order valence-corrected chi connectivity index (χ4v) is 4.63. The first kappa shape index (κ1) is 15.8. The molecule has 0 heterocycles. The van der Waals surface area contributed by atoms with E-state index < -0.39 is 10.0 Å². The fraction of sp³-hybridized carbons (Fsp3) is 0.571. The highest BCUT2D eigenvalue weighted by Gasteiger charge is 2.29. The van der Waals surface area contributed by atoms with Gasteiger partial charge >= 0.3 is 0 Å². The van der Waals surface area contributed by atoms with Crippen LogP contribution in [-0.4, -0.2) is 14.5 Å². The van der Waals surface area contributed by atoms with Gasteiger partial charge in [0.05, 0.1) is 5.69 Å². The Morgan fingerprint density at radius 3 is 2.60 bits per heavy atom. The van der Waals surface area contributed by atoms with Crippen LogP contribution in [0.4, 0.5) is 5.69 Å². The Bertz CT molecular complexity index is 589. The van der Waals surface area contributed by atoms with Crippen LogP contribution in [0.3, 0.4) is 0 Å². The number of anilines is 1. The van der Waals surface area contributed by atoms with Gasteiger partial charge < -0.3 is 5.73 Å². The summed E-state index contributed by atoms with van der Waals surface area (Å²) >= 11 is 3.28. The summed E-state index contributed by atoms with van der Waals surface area (Å²) in [6, 6.07) is 4.89. The van der Waals surface area contributed by atoms with Gasteiger partial charge in [-0.3, -0.25) is 0 Å². The monoisotopic (exact) mass is 360 g/mol. The summed E-state index contributed by atoms with van der Waals surface area (Å²) in [4.78, 5) is 0.151. The molecule has 6 heteroatoms. The third kappa shape index (κ3) is 3.54. The van der Waals surface area contributed by atoms with E-state index in [9.17, 15) is 8.42 Å². The second-order valence-electron chi connectivity index (χ2n) is 5.77. The molecular formula is C14H21BrN2O2S. The summed E-state index contributed by atoms with van der Waals surface area (Å²) in [5.74, 6) is 1.20. The predicted octanol–water partition coefficient (Wildman–Crippen LogP) is 3.13. The summed E-state index contributed by atoms with van der Waals surface area (Å²) in [5.41, 5.74) is 6.07. The van der Waals surface area contributed by atoms with Crippen LogP contribution in [0.25, 0.3) is 0 Å². The van der Waals surface area contributed by atoms with Crippen LogP contribution in [0.2, 0.25) is 0 Å². The Morgan fingerprint density at radius 2 is 1.95 bits per heavy atom. The van der Waals surface area contributed by atoms with Crippen LogP contribution in [0.15, 0.2) is 27.6 Å². The minimum absolute atomic E-state index is 0.00424. The average molecular weight is 361 g/mol. The number of halogens is 1. The highest BCUT2D eigenvalue weighted by Crippen LogP contribution is 2.31. The molecule has 4 nitrogen and oxygen atoms in total. The highest BCUT2D eigenvalue weighted by molar-refractivity contribution is 9.10. The number of nitrogen functional groups attached to an aromatic ring is 1. The summed E-state index contributed by atoms with van der Waals surface area (Å²) in [7, 11) is -3.56. The van der Waals surface area contributed by atoms with Gasteiger partial charge in [0.1, 0.15) is 4.90 Å². The molecule has 0 bridgehead atoms. The van der Waals surface area contributed by atoms with Gasteiger partial charge in [0.15, 0.2) is 0 Å².